The molecule has 4 heteroatoms. The van der Waals surface area contributed by atoms with Crippen LogP contribution in [0.3, 0.4) is 0 Å². The fraction of sp³-hybridized carbons (Fsp3) is 0. The van der Waals surface area contributed by atoms with E-state index < -0.39 is 11.4 Å². The number of aromatic carboxylic acids is 1. The first-order valence-corrected chi connectivity index (χ1v) is 2.51. The number of hydrogen-bond acceptors (Lipinski definition) is 3. The van der Waals surface area contributed by atoms with Crippen molar-refractivity contribution in [1.29, 1.82) is 0 Å². The van der Waals surface area contributed by atoms with Crippen LogP contribution in [0.2, 0.25) is 0 Å². The van der Waals surface area contributed by atoms with Crippen LogP contribution >= 0.6 is 0 Å². The van der Waals surface area contributed by atoms with Crippen molar-refractivity contribution < 1.29 is 14.3 Å². The van der Waals surface area contributed by atoms with Crippen LogP contribution in [0.1, 0.15) is 10.4 Å². The van der Waals surface area contributed by atoms with Gasteiger partial charge in [-0.1, -0.05) is 0 Å². The smallest absolute Gasteiger partial charge is 0.342 e. The van der Waals surface area contributed by atoms with Crippen molar-refractivity contribution in [3.63, 3.8) is 0 Å². The highest BCUT2D eigenvalue weighted by atomic mass is 16.4. The van der Waals surface area contributed by atoms with E-state index in [-0.39, 0.29) is 5.56 Å². The minimum Gasteiger partial charge on any atom is -0.477 e. The Bertz CT molecular complexity index is 299. The van der Waals surface area contributed by atoms with Crippen molar-refractivity contribution in [3.8, 4) is 0 Å². The highest BCUT2D eigenvalue weighted by Crippen LogP contribution is 1.88. The van der Waals surface area contributed by atoms with Gasteiger partial charge in [0, 0.05) is 6.07 Å². The summed E-state index contributed by atoms with van der Waals surface area (Å²) in [5, 5.41) is 8.31. The summed E-state index contributed by atoms with van der Waals surface area (Å²) in [6, 6.07) is 1.06. The van der Waals surface area contributed by atoms with Gasteiger partial charge < -0.3 is 9.52 Å². The van der Waals surface area contributed by atoms with E-state index in [0.717, 1.165) is 18.6 Å². The van der Waals surface area contributed by atoms with E-state index in [1.807, 2.05) is 0 Å². The molecule has 0 aliphatic carbocycles. The predicted molar refractivity (Wildman–Crippen MR) is 31.9 cm³/mol. The Morgan fingerprint density at radius 3 is 2.70 bits per heavy atom. The van der Waals surface area contributed by atoms with Gasteiger partial charge in [-0.3, -0.25) is 4.79 Å². The zero-order valence-electron chi connectivity index (χ0n) is 4.90. The van der Waals surface area contributed by atoms with E-state index >= 15 is 0 Å². The lowest BCUT2D eigenvalue weighted by atomic mass is 10.3. The van der Waals surface area contributed by atoms with Gasteiger partial charge in [-0.05, 0) is 0 Å². The molecule has 4 nitrogen and oxygen atoms in total. The molecular weight excluding hydrogens is 136 g/mol. The average Bonchev–Trinajstić information content (AvgIpc) is 1.88. The Kier molecular flexibility index (Phi) is 1.53. The monoisotopic (exact) mass is 140 g/mol. The summed E-state index contributed by atoms with van der Waals surface area (Å²) in [4.78, 5) is 20.8. The van der Waals surface area contributed by atoms with Crippen molar-refractivity contribution in [2.24, 2.45) is 0 Å². The van der Waals surface area contributed by atoms with Gasteiger partial charge in [-0.15, -0.1) is 0 Å². The van der Waals surface area contributed by atoms with Crippen LogP contribution in [0, 0.1) is 0 Å². The molecule has 0 spiro atoms. The van der Waals surface area contributed by atoms with Crippen LogP contribution in [0.25, 0.3) is 0 Å². The summed E-state index contributed by atoms with van der Waals surface area (Å²) in [5.41, 5.74) is -0.888. The largest absolute Gasteiger partial charge is 0.477 e. The maximum absolute atomic E-state index is 10.6. The van der Waals surface area contributed by atoms with E-state index in [2.05, 4.69) is 4.42 Å². The molecule has 1 rings (SSSR count). The molecule has 0 fully saturated rings. The number of carbonyl (C=O) groups is 1. The maximum Gasteiger partial charge on any atom is 0.342 e. The molecule has 0 unspecified atom stereocenters. The normalized spacial score (nSPS) is 9.20. The molecule has 0 amide bonds. The van der Waals surface area contributed by atoms with Crippen molar-refractivity contribution >= 4 is 5.97 Å². The molecule has 1 aromatic rings. The third-order valence-corrected chi connectivity index (χ3v) is 0.980. The van der Waals surface area contributed by atoms with E-state index in [1.165, 1.54) is 0 Å². The zero-order chi connectivity index (χ0) is 7.56. The first-order chi connectivity index (χ1) is 4.72. The molecule has 1 aromatic heterocycles. The van der Waals surface area contributed by atoms with Gasteiger partial charge in [-0.2, -0.15) is 0 Å². The Labute approximate surface area is 55.7 Å². The van der Waals surface area contributed by atoms with Crippen molar-refractivity contribution in [1.82, 2.24) is 0 Å². The molecule has 0 atom stereocenters. The fourth-order valence-electron chi connectivity index (χ4n) is 0.512. The minimum atomic E-state index is -1.27. The van der Waals surface area contributed by atoms with E-state index in [9.17, 15) is 9.59 Å². The first kappa shape index (κ1) is 6.54. The average molecular weight is 140 g/mol. The predicted octanol–water partition coefficient (Wildman–Crippen LogP) is 0.338. The second kappa shape index (κ2) is 2.34. The molecule has 0 radical (unpaired) electrons. The van der Waals surface area contributed by atoms with Gasteiger partial charge in [0.15, 0.2) is 5.43 Å². The lowest BCUT2D eigenvalue weighted by Gasteiger charge is -1.87. The van der Waals surface area contributed by atoms with Crippen LogP contribution in [-0.4, -0.2) is 11.1 Å². The maximum atomic E-state index is 10.6. The van der Waals surface area contributed by atoms with Gasteiger partial charge in [0.2, 0.25) is 0 Å². The number of carboxylic acids is 1. The SMILES string of the molecule is O=C(O)c1coccc1=O. The molecule has 1 heterocycles. The number of rotatable bonds is 1. The quantitative estimate of drug-likeness (QED) is 0.610. The van der Waals surface area contributed by atoms with Gasteiger partial charge in [0.05, 0.1) is 6.26 Å². The standard InChI is InChI=1S/C6H4O4/c7-5-1-2-10-3-4(5)6(8)9/h1-3H,(H,8,9). The summed E-state index contributed by atoms with van der Waals surface area (Å²) in [6.07, 6.45) is 2.04. The molecule has 0 saturated carbocycles. The number of hydrogen-bond donors (Lipinski definition) is 1. The summed E-state index contributed by atoms with van der Waals surface area (Å²) in [7, 11) is 0. The van der Waals surface area contributed by atoms with Crippen LogP contribution in [0.5, 0.6) is 0 Å². The second-order valence-corrected chi connectivity index (χ2v) is 1.64. The first-order valence-electron chi connectivity index (χ1n) is 2.51. The minimum absolute atomic E-state index is 0.345. The Hall–Kier alpha value is -1.58. The Balaban J connectivity index is 3.29. The summed E-state index contributed by atoms with van der Waals surface area (Å²) in [5.74, 6) is -1.27. The molecule has 0 aliphatic heterocycles. The third kappa shape index (κ3) is 1.05. The zero-order valence-corrected chi connectivity index (χ0v) is 4.90. The molecule has 0 saturated heterocycles. The lowest BCUT2D eigenvalue weighted by Crippen LogP contribution is -2.11. The van der Waals surface area contributed by atoms with Crippen molar-refractivity contribution in [2.45, 2.75) is 0 Å². The molecule has 1 N–H and O–H groups in total. The molecule has 0 bridgehead atoms. The van der Waals surface area contributed by atoms with Crippen LogP contribution in [-0.2, 0) is 0 Å². The summed E-state index contributed by atoms with van der Waals surface area (Å²) in [6.45, 7) is 0. The van der Waals surface area contributed by atoms with Crippen LogP contribution < -0.4 is 5.43 Å². The van der Waals surface area contributed by atoms with Crippen LogP contribution in [0.4, 0.5) is 0 Å². The van der Waals surface area contributed by atoms with Crippen LogP contribution in [0.15, 0.2) is 27.8 Å². The van der Waals surface area contributed by atoms with Gasteiger partial charge in [-0.25, -0.2) is 4.79 Å². The second-order valence-electron chi connectivity index (χ2n) is 1.64. The third-order valence-electron chi connectivity index (χ3n) is 0.980. The topological polar surface area (TPSA) is 67.5 Å². The molecule has 10 heavy (non-hydrogen) atoms. The molecular formula is C6H4O4. The van der Waals surface area contributed by atoms with Crippen molar-refractivity contribution in [2.75, 3.05) is 0 Å². The Morgan fingerprint density at radius 1 is 1.60 bits per heavy atom. The van der Waals surface area contributed by atoms with E-state index in [4.69, 9.17) is 5.11 Å². The summed E-state index contributed by atoms with van der Waals surface area (Å²) < 4.78 is 4.47. The molecule has 0 aliphatic rings. The highest BCUT2D eigenvalue weighted by molar-refractivity contribution is 5.86. The Morgan fingerprint density at radius 2 is 2.30 bits per heavy atom. The van der Waals surface area contributed by atoms with E-state index in [0.29, 0.717) is 0 Å². The molecule has 52 valence electrons. The highest BCUT2D eigenvalue weighted by Gasteiger charge is 2.06. The summed E-state index contributed by atoms with van der Waals surface area (Å²) >= 11 is 0. The fourth-order valence-corrected chi connectivity index (χ4v) is 0.512. The number of carboxylic acid groups (broad SMARTS) is 1. The molecule has 0 aromatic carbocycles. The van der Waals surface area contributed by atoms with Gasteiger partial charge >= 0.3 is 5.97 Å². The van der Waals surface area contributed by atoms with Gasteiger partial charge in [0.25, 0.3) is 0 Å². The lowest BCUT2D eigenvalue weighted by molar-refractivity contribution is 0.0693. The van der Waals surface area contributed by atoms with Crippen molar-refractivity contribution in [3.05, 3.63) is 34.4 Å². The van der Waals surface area contributed by atoms with Gasteiger partial charge in [0.1, 0.15) is 11.8 Å². The van der Waals surface area contributed by atoms with E-state index in [1.54, 1.807) is 0 Å².